The maximum atomic E-state index is 12.8. The molecular formula is C27H34N6O3. The first-order chi connectivity index (χ1) is 17.2. The fraction of sp³-hybridized carbons (Fsp3) is 0.481. The lowest BCUT2D eigenvalue weighted by Gasteiger charge is -2.42. The molecule has 3 atom stereocenters. The molecule has 36 heavy (non-hydrogen) atoms. The van der Waals surface area contributed by atoms with E-state index in [1.807, 2.05) is 62.2 Å². The molecule has 4 heterocycles. The number of methoxy groups -OCH3 is 1. The summed E-state index contributed by atoms with van der Waals surface area (Å²) in [4.78, 5) is 17.0. The van der Waals surface area contributed by atoms with Crippen molar-refractivity contribution in [3.05, 3.63) is 42.7 Å². The van der Waals surface area contributed by atoms with Crippen LogP contribution in [0.2, 0.25) is 0 Å². The molecule has 0 spiro atoms. The quantitative estimate of drug-likeness (QED) is 0.543. The Balaban J connectivity index is 1.29. The number of benzene rings is 1. The first-order valence-corrected chi connectivity index (χ1v) is 12.5. The predicted octanol–water partition coefficient (Wildman–Crippen LogP) is 4.91. The van der Waals surface area contributed by atoms with E-state index in [1.165, 1.54) is 0 Å². The first kappa shape index (κ1) is 24.1. The monoisotopic (exact) mass is 490 g/mol. The largest absolute Gasteiger partial charge is 0.496 e. The maximum Gasteiger partial charge on any atom is 0.410 e. The molecule has 0 saturated carbocycles. The van der Waals surface area contributed by atoms with E-state index in [0.717, 1.165) is 59.6 Å². The van der Waals surface area contributed by atoms with Crippen LogP contribution in [0.3, 0.4) is 0 Å². The van der Waals surface area contributed by atoms with Gasteiger partial charge in [-0.25, -0.2) is 4.79 Å². The molecule has 2 aromatic heterocycles. The molecular weight excluding hydrogens is 456 g/mol. The van der Waals surface area contributed by atoms with Gasteiger partial charge in [0.2, 0.25) is 0 Å². The van der Waals surface area contributed by atoms with Crippen LogP contribution in [0.5, 0.6) is 5.75 Å². The fourth-order valence-electron chi connectivity index (χ4n) is 5.41. The van der Waals surface area contributed by atoms with Gasteiger partial charge in [-0.1, -0.05) is 6.07 Å². The molecule has 0 aliphatic carbocycles. The molecule has 2 unspecified atom stereocenters. The maximum absolute atomic E-state index is 12.8. The van der Waals surface area contributed by atoms with Gasteiger partial charge in [0.25, 0.3) is 0 Å². The highest BCUT2D eigenvalue weighted by Crippen LogP contribution is 2.39. The van der Waals surface area contributed by atoms with Gasteiger partial charge in [0.15, 0.2) is 5.82 Å². The summed E-state index contributed by atoms with van der Waals surface area (Å²) in [5.74, 6) is 1.55. The van der Waals surface area contributed by atoms with Gasteiger partial charge in [0.05, 0.1) is 19.0 Å². The summed E-state index contributed by atoms with van der Waals surface area (Å²) >= 11 is 0. The van der Waals surface area contributed by atoms with E-state index in [4.69, 9.17) is 9.47 Å². The molecule has 5 rings (SSSR count). The Hall–Kier alpha value is -3.62. The van der Waals surface area contributed by atoms with Crippen LogP contribution in [0.4, 0.5) is 10.6 Å². The second kappa shape index (κ2) is 9.44. The Morgan fingerprint density at radius 1 is 1.08 bits per heavy atom. The van der Waals surface area contributed by atoms with Gasteiger partial charge in [-0.2, -0.15) is 5.10 Å². The number of hydrogen-bond donors (Lipinski definition) is 1. The number of fused-ring (bicyclic) bond motifs is 2. The van der Waals surface area contributed by atoms with Crippen LogP contribution in [-0.2, 0) is 4.74 Å². The van der Waals surface area contributed by atoms with Crippen LogP contribution in [0.25, 0.3) is 22.4 Å². The number of anilines is 1. The zero-order valence-corrected chi connectivity index (χ0v) is 21.6. The van der Waals surface area contributed by atoms with Crippen LogP contribution >= 0.6 is 0 Å². The number of aromatic nitrogens is 4. The molecule has 9 nitrogen and oxygen atoms in total. The summed E-state index contributed by atoms with van der Waals surface area (Å²) in [5.41, 5.74) is 3.16. The molecule has 1 amide bonds. The summed E-state index contributed by atoms with van der Waals surface area (Å²) in [6, 6.07) is 10.7. The molecule has 9 heteroatoms. The third-order valence-corrected chi connectivity index (χ3v) is 7.18. The molecule has 3 aromatic rings. The number of amides is 1. The van der Waals surface area contributed by atoms with Crippen molar-refractivity contribution in [3.8, 4) is 28.1 Å². The second-order valence-corrected chi connectivity index (χ2v) is 10.7. The first-order valence-electron chi connectivity index (χ1n) is 12.5. The van der Waals surface area contributed by atoms with E-state index < -0.39 is 5.60 Å². The molecule has 0 radical (unpaired) electrons. The van der Waals surface area contributed by atoms with Crippen LogP contribution < -0.4 is 9.64 Å². The van der Waals surface area contributed by atoms with E-state index in [9.17, 15) is 4.79 Å². The number of rotatable bonds is 5. The standard InChI is InChI=1S/C27H34N6O3/c1-27(2,3)36-26(34)33-19-7-8-20(33)14-21(13-19)32(4)25-11-10-23(30-31-25)22-9-6-17(12-24(22)35-5)18-15-28-29-16-18/h6,9-12,15-16,19-21H,7-8,13-14H2,1-5H3,(H,28,29)/t19-,20?,21?/m1/s1. The third kappa shape index (κ3) is 4.74. The van der Waals surface area contributed by atoms with Crippen molar-refractivity contribution in [2.24, 2.45) is 0 Å². The topological polar surface area (TPSA) is 96.5 Å². The van der Waals surface area contributed by atoms with Gasteiger partial charge >= 0.3 is 6.09 Å². The summed E-state index contributed by atoms with van der Waals surface area (Å²) in [7, 11) is 3.72. The molecule has 1 aromatic carbocycles. The van der Waals surface area contributed by atoms with E-state index >= 15 is 0 Å². The van der Waals surface area contributed by atoms with Crippen LogP contribution in [-0.4, -0.2) is 69.3 Å². The predicted molar refractivity (Wildman–Crippen MR) is 138 cm³/mol. The number of nitrogens with one attached hydrogen (secondary N) is 1. The average molecular weight is 491 g/mol. The van der Waals surface area contributed by atoms with Crippen molar-refractivity contribution >= 4 is 11.9 Å². The molecule has 1 N–H and O–H groups in total. The number of hydrogen-bond acceptors (Lipinski definition) is 7. The molecule has 2 saturated heterocycles. The second-order valence-electron chi connectivity index (χ2n) is 10.7. The van der Waals surface area contributed by atoms with Crippen molar-refractivity contribution in [2.75, 3.05) is 19.1 Å². The smallest absolute Gasteiger partial charge is 0.410 e. The van der Waals surface area contributed by atoms with Crippen molar-refractivity contribution < 1.29 is 14.3 Å². The number of nitrogens with zero attached hydrogens (tertiary/aromatic N) is 5. The zero-order chi connectivity index (χ0) is 25.4. The number of ether oxygens (including phenoxy) is 2. The normalized spacial score (nSPS) is 21.4. The van der Waals surface area contributed by atoms with Gasteiger partial charge < -0.3 is 19.3 Å². The molecule has 190 valence electrons. The Bertz CT molecular complexity index is 1190. The van der Waals surface area contributed by atoms with E-state index in [2.05, 4.69) is 32.3 Å². The van der Waals surface area contributed by atoms with Crippen molar-refractivity contribution in [2.45, 2.75) is 70.2 Å². The van der Waals surface area contributed by atoms with E-state index in [1.54, 1.807) is 13.3 Å². The van der Waals surface area contributed by atoms with Crippen molar-refractivity contribution in [1.82, 2.24) is 25.3 Å². The van der Waals surface area contributed by atoms with Gasteiger partial charge in [0, 0.05) is 42.5 Å². The lowest BCUT2D eigenvalue weighted by atomic mass is 9.96. The molecule has 2 aliphatic heterocycles. The average Bonchev–Trinajstić information content (AvgIpc) is 3.49. The lowest BCUT2D eigenvalue weighted by Crippen LogP contribution is -2.53. The van der Waals surface area contributed by atoms with Crippen LogP contribution in [0.1, 0.15) is 46.5 Å². The SMILES string of the molecule is COc1cc(-c2cn[nH]c2)ccc1-c1ccc(N(C)C2CC3CC[C@H](C2)N3C(=O)OC(C)(C)C)nn1. The van der Waals surface area contributed by atoms with Gasteiger partial charge in [0.1, 0.15) is 11.4 Å². The van der Waals surface area contributed by atoms with Crippen molar-refractivity contribution in [1.29, 1.82) is 0 Å². The van der Waals surface area contributed by atoms with Gasteiger partial charge in [-0.3, -0.25) is 5.10 Å². The van der Waals surface area contributed by atoms with Crippen molar-refractivity contribution in [3.63, 3.8) is 0 Å². The minimum atomic E-state index is -0.482. The Labute approximate surface area is 211 Å². The number of piperidine rings is 1. The highest BCUT2D eigenvalue weighted by molar-refractivity contribution is 5.74. The third-order valence-electron chi connectivity index (χ3n) is 7.18. The molecule has 2 bridgehead atoms. The van der Waals surface area contributed by atoms with E-state index in [-0.39, 0.29) is 18.2 Å². The zero-order valence-electron chi connectivity index (χ0n) is 21.6. The van der Waals surface area contributed by atoms with E-state index in [0.29, 0.717) is 6.04 Å². The summed E-state index contributed by atoms with van der Waals surface area (Å²) < 4.78 is 11.3. The number of carbonyl (C=O) groups excluding carboxylic acids is 1. The molecule has 2 aliphatic rings. The number of carbonyl (C=O) groups is 1. The molecule has 2 fully saturated rings. The Kier molecular flexibility index (Phi) is 6.32. The highest BCUT2D eigenvalue weighted by Gasteiger charge is 2.45. The van der Waals surface area contributed by atoms with Gasteiger partial charge in [-0.15, -0.1) is 10.2 Å². The Morgan fingerprint density at radius 2 is 1.83 bits per heavy atom. The number of H-pyrrole nitrogens is 1. The highest BCUT2D eigenvalue weighted by atomic mass is 16.6. The van der Waals surface area contributed by atoms with Crippen LogP contribution in [0, 0.1) is 0 Å². The summed E-state index contributed by atoms with van der Waals surface area (Å²) in [6.07, 6.45) is 7.29. The van der Waals surface area contributed by atoms with Gasteiger partial charge in [-0.05, 0) is 76.3 Å². The summed E-state index contributed by atoms with van der Waals surface area (Å²) in [5, 5.41) is 15.9. The lowest BCUT2D eigenvalue weighted by molar-refractivity contribution is 0.00597. The minimum Gasteiger partial charge on any atom is -0.496 e. The minimum absolute atomic E-state index is 0.187. The fourth-order valence-corrected chi connectivity index (χ4v) is 5.41. The number of aromatic amines is 1. The Morgan fingerprint density at radius 3 is 2.42 bits per heavy atom. The van der Waals surface area contributed by atoms with Crippen LogP contribution in [0.15, 0.2) is 42.7 Å². The summed E-state index contributed by atoms with van der Waals surface area (Å²) in [6.45, 7) is 5.75.